The van der Waals surface area contributed by atoms with Crippen molar-refractivity contribution in [3.05, 3.63) is 106 Å². The summed E-state index contributed by atoms with van der Waals surface area (Å²) in [7, 11) is 2.15. The number of nitrogens with one attached hydrogen (secondary N) is 1. The Kier molecular flexibility index (Phi) is 5.75. The Morgan fingerprint density at radius 3 is 2.34 bits per heavy atom. The molecule has 1 unspecified atom stereocenters. The van der Waals surface area contributed by atoms with Crippen molar-refractivity contribution in [1.29, 1.82) is 0 Å². The maximum Gasteiger partial charge on any atom is 0.166 e. The van der Waals surface area contributed by atoms with Crippen LogP contribution in [0.25, 0.3) is 5.69 Å². The van der Waals surface area contributed by atoms with Crippen molar-refractivity contribution in [3.63, 3.8) is 0 Å². The lowest BCUT2D eigenvalue weighted by atomic mass is 9.84. The maximum atomic E-state index is 6.83. The molecule has 1 atom stereocenters. The zero-order valence-corrected chi connectivity index (χ0v) is 24.4. The molecule has 1 aromatic heterocycles. The third-order valence-corrected chi connectivity index (χ3v) is 11.9. The zero-order chi connectivity index (χ0) is 26.8. The van der Waals surface area contributed by atoms with Crippen LogP contribution >= 0.6 is 6.19 Å². The predicted molar refractivity (Wildman–Crippen MR) is 165 cm³/mol. The van der Waals surface area contributed by atoms with Gasteiger partial charge in [-0.3, -0.25) is 0 Å². The number of nitrogens with zero attached hydrogens (tertiary/aromatic N) is 4. The van der Waals surface area contributed by atoms with Crippen LogP contribution in [-0.4, -0.2) is 23.0 Å². The fraction of sp³-hybridized carbons (Fsp3) is 0.226. The molecule has 6 rings (SSSR count). The summed E-state index contributed by atoms with van der Waals surface area (Å²) < 4.78 is 1.94. The van der Waals surface area contributed by atoms with Gasteiger partial charge in [-0.15, -0.1) is 0 Å². The maximum absolute atomic E-state index is 6.83. The zero-order valence-electron chi connectivity index (χ0n) is 22.6. The van der Waals surface area contributed by atoms with E-state index in [1.807, 2.05) is 29.1 Å². The van der Waals surface area contributed by atoms with Crippen LogP contribution < -0.4 is 15.3 Å². The number of anilines is 2. The Morgan fingerprint density at radius 2 is 1.63 bits per heavy atom. The molecule has 2 aliphatic rings. The number of rotatable bonds is 3. The number of benzene rings is 3. The third-order valence-electron chi connectivity index (χ3n) is 7.74. The van der Waals surface area contributed by atoms with E-state index >= 15 is 0 Å². The van der Waals surface area contributed by atoms with Gasteiger partial charge in [0.15, 0.2) is 5.82 Å². The highest BCUT2D eigenvalue weighted by Crippen LogP contribution is 2.62. The normalized spacial score (nSPS) is 21.4. The van der Waals surface area contributed by atoms with Gasteiger partial charge in [-0.25, -0.2) is 9.67 Å². The molecule has 0 fully saturated rings. The molecule has 4 aromatic rings. The molecule has 2 aliphatic heterocycles. The fourth-order valence-electron chi connectivity index (χ4n) is 5.95. The summed E-state index contributed by atoms with van der Waals surface area (Å²) in [6.07, 6.45) is -0.607. The van der Waals surface area contributed by atoms with Gasteiger partial charge >= 0.3 is 0 Å². The number of hydrogen-bond acceptors (Lipinski definition) is 4. The molecular formula is C31H32N5PS. The quantitative estimate of drug-likeness (QED) is 0.279. The molecule has 0 saturated heterocycles. The highest BCUT2D eigenvalue weighted by molar-refractivity contribution is 8.21. The van der Waals surface area contributed by atoms with Gasteiger partial charge in [0.25, 0.3) is 0 Å². The second-order valence-electron chi connectivity index (χ2n) is 10.7. The first-order valence-corrected chi connectivity index (χ1v) is 15.7. The van der Waals surface area contributed by atoms with E-state index in [0.717, 1.165) is 33.5 Å². The average Bonchev–Trinajstić information content (AvgIpc) is 3.34. The second kappa shape index (κ2) is 8.79. The molecule has 0 spiro atoms. The first-order chi connectivity index (χ1) is 18.1. The average molecular weight is 538 g/mol. The monoisotopic (exact) mass is 537 g/mol. The van der Waals surface area contributed by atoms with Gasteiger partial charge < -0.3 is 9.99 Å². The Balaban J connectivity index is 1.64. The van der Waals surface area contributed by atoms with Crippen molar-refractivity contribution in [2.45, 2.75) is 40.0 Å². The van der Waals surface area contributed by atoms with E-state index < -0.39 is 6.19 Å². The van der Waals surface area contributed by atoms with Crippen LogP contribution in [0.1, 0.15) is 36.2 Å². The van der Waals surface area contributed by atoms with E-state index in [2.05, 4.69) is 106 Å². The Labute approximate surface area is 230 Å². The first-order valence-electron chi connectivity index (χ1n) is 12.9. The van der Waals surface area contributed by atoms with Crippen LogP contribution in [0.2, 0.25) is 0 Å². The standard InChI is InChI=1S/C31H32N5PS/c1-20-16-17-25(21(2)18-20)34-37(38)27(29-31(4,5)24-14-10-11-15-26(24)35(29)6)19-32-30-28(37)22(3)33-36(30)23-12-8-7-9-13-23/h7-19H,1-6H3,(H,34,38). The number of aromatic nitrogens is 2. The Bertz CT molecular complexity index is 1700. The van der Waals surface area contributed by atoms with Gasteiger partial charge in [0, 0.05) is 41.1 Å². The summed E-state index contributed by atoms with van der Waals surface area (Å²) in [6.45, 7) is 10.9. The van der Waals surface area contributed by atoms with Crippen molar-refractivity contribution in [2.75, 3.05) is 17.0 Å². The summed E-state index contributed by atoms with van der Waals surface area (Å²) in [4.78, 5) is 7.37. The van der Waals surface area contributed by atoms with Crippen LogP contribution in [0.15, 0.2) is 88.8 Å². The topological polar surface area (TPSA) is 45.4 Å². The minimum Gasteiger partial charge on any atom is -0.350 e. The molecule has 3 heterocycles. The van der Waals surface area contributed by atoms with Crippen molar-refractivity contribution in [1.82, 2.24) is 9.78 Å². The fourth-order valence-corrected chi connectivity index (χ4v) is 10.2. The molecule has 38 heavy (non-hydrogen) atoms. The smallest absolute Gasteiger partial charge is 0.166 e. The molecule has 0 aliphatic carbocycles. The van der Waals surface area contributed by atoms with Crippen LogP contribution in [0.4, 0.5) is 17.2 Å². The molecule has 7 heteroatoms. The number of para-hydroxylation sites is 2. The lowest BCUT2D eigenvalue weighted by molar-refractivity contribution is 0.639. The SMILES string of the molecule is Cc1ccc(NP2(=S)C(=C3N(C)c4ccccc4C3(C)C)C=Nc3c2c(C)nn3-c2ccccc2)c(C)c1. The minimum atomic E-state index is -2.62. The number of fused-ring (bicyclic) bond motifs is 2. The van der Waals surface area contributed by atoms with E-state index in [1.54, 1.807) is 0 Å². The second-order valence-corrected chi connectivity index (χ2v) is 14.8. The molecule has 3 aromatic carbocycles. The molecule has 0 amide bonds. The summed E-state index contributed by atoms with van der Waals surface area (Å²) in [5, 5.41) is 11.0. The molecule has 0 radical (unpaired) electrons. The van der Waals surface area contributed by atoms with Gasteiger partial charge in [0.05, 0.1) is 22.9 Å². The number of aliphatic imine (C=N–C) groups is 1. The van der Waals surface area contributed by atoms with Crippen LogP contribution in [0.3, 0.4) is 0 Å². The number of aryl methyl sites for hydroxylation is 3. The van der Waals surface area contributed by atoms with Crippen LogP contribution in [0.5, 0.6) is 0 Å². The Morgan fingerprint density at radius 1 is 0.921 bits per heavy atom. The molecular weight excluding hydrogens is 505 g/mol. The first kappa shape index (κ1) is 24.8. The molecule has 0 saturated carbocycles. The summed E-state index contributed by atoms with van der Waals surface area (Å²) in [6, 6.07) is 25.3. The summed E-state index contributed by atoms with van der Waals surface area (Å²) in [5.74, 6) is 0.814. The Hall–Kier alpha value is -3.47. The molecule has 1 N–H and O–H groups in total. The molecule has 5 nitrogen and oxygen atoms in total. The van der Waals surface area contributed by atoms with E-state index in [9.17, 15) is 0 Å². The van der Waals surface area contributed by atoms with Crippen molar-refractivity contribution < 1.29 is 0 Å². The lowest BCUT2D eigenvalue weighted by Crippen LogP contribution is -2.29. The van der Waals surface area contributed by atoms with Gasteiger partial charge in [0.2, 0.25) is 0 Å². The summed E-state index contributed by atoms with van der Waals surface area (Å²) in [5.41, 5.74) is 8.83. The molecule has 0 bridgehead atoms. The van der Waals surface area contributed by atoms with E-state index in [0.29, 0.717) is 0 Å². The van der Waals surface area contributed by atoms with Gasteiger partial charge in [-0.05, 0) is 56.2 Å². The summed E-state index contributed by atoms with van der Waals surface area (Å²) >= 11 is 6.83. The van der Waals surface area contributed by atoms with E-state index in [1.165, 1.54) is 28.1 Å². The van der Waals surface area contributed by atoms with Gasteiger partial charge in [0.1, 0.15) is 0 Å². The largest absolute Gasteiger partial charge is 0.350 e. The predicted octanol–water partition coefficient (Wildman–Crippen LogP) is 7.28. The van der Waals surface area contributed by atoms with Crippen LogP contribution in [0, 0.1) is 20.8 Å². The lowest BCUT2D eigenvalue weighted by Gasteiger charge is -2.35. The highest BCUT2D eigenvalue weighted by atomic mass is 32.4. The van der Waals surface area contributed by atoms with Gasteiger partial charge in [-0.1, -0.05) is 79.7 Å². The van der Waals surface area contributed by atoms with Gasteiger partial charge in [-0.2, -0.15) is 5.10 Å². The van der Waals surface area contributed by atoms with E-state index in [-0.39, 0.29) is 5.41 Å². The minimum absolute atomic E-state index is 0.235. The van der Waals surface area contributed by atoms with Crippen LogP contribution in [-0.2, 0) is 17.2 Å². The number of hydrogen-bond donors (Lipinski definition) is 1. The highest BCUT2D eigenvalue weighted by Gasteiger charge is 2.45. The molecule has 192 valence electrons. The van der Waals surface area contributed by atoms with E-state index in [4.69, 9.17) is 21.9 Å². The van der Waals surface area contributed by atoms with Crippen molar-refractivity contribution in [3.8, 4) is 5.69 Å². The van der Waals surface area contributed by atoms with Crippen molar-refractivity contribution in [2.24, 2.45) is 4.99 Å². The van der Waals surface area contributed by atoms with Crippen molar-refractivity contribution >= 4 is 46.7 Å². The number of allylic oxidation sites excluding steroid dienone is 2. The number of likely N-dealkylation sites (N-methyl/N-ethyl adjacent to an activating group) is 1. The third kappa shape index (κ3) is 3.62.